The number of methoxy groups -OCH3 is 1. The predicted molar refractivity (Wildman–Crippen MR) is 64.4 cm³/mol. The molecule has 1 saturated heterocycles. The number of carbonyl (C=O) groups is 2. The Bertz CT molecular complexity index is 326. The van der Waals surface area contributed by atoms with Crippen molar-refractivity contribution in [2.24, 2.45) is 0 Å². The van der Waals surface area contributed by atoms with Gasteiger partial charge >= 0.3 is 12.1 Å². The summed E-state index contributed by atoms with van der Waals surface area (Å²) in [6.07, 6.45) is 0.147. The van der Waals surface area contributed by atoms with Crippen molar-refractivity contribution in [3.05, 3.63) is 0 Å². The molecule has 1 aliphatic heterocycles. The summed E-state index contributed by atoms with van der Waals surface area (Å²) in [5.41, 5.74) is -1.71. The first kappa shape index (κ1) is 14.8. The summed E-state index contributed by atoms with van der Waals surface area (Å²) in [6, 6.07) is 0. The largest absolute Gasteiger partial charge is 0.479 e. The zero-order chi connectivity index (χ0) is 14.0. The maximum absolute atomic E-state index is 11.8. The lowest BCUT2D eigenvalue weighted by molar-refractivity contribution is -0.167. The van der Waals surface area contributed by atoms with Crippen molar-refractivity contribution < 1.29 is 24.2 Å². The SMILES string of the molecule is COC1(C(=O)O)CCN(C(=O)OC(C)(C)C)CC1. The third kappa shape index (κ3) is 3.35. The number of likely N-dealkylation sites (tertiary alicyclic amines) is 1. The average Bonchev–Trinajstić information content (AvgIpc) is 2.26. The molecule has 0 bridgehead atoms. The van der Waals surface area contributed by atoms with Crippen molar-refractivity contribution in [2.75, 3.05) is 20.2 Å². The minimum Gasteiger partial charge on any atom is -0.479 e. The molecule has 104 valence electrons. The topological polar surface area (TPSA) is 76.1 Å². The fraction of sp³-hybridized carbons (Fsp3) is 0.833. The van der Waals surface area contributed by atoms with Gasteiger partial charge in [0.15, 0.2) is 5.60 Å². The van der Waals surface area contributed by atoms with Crippen LogP contribution in [0.5, 0.6) is 0 Å². The van der Waals surface area contributed by atoms with Crippen molar-refractivity contribution in [2.45, 2.75) is 44.8 Å². The number of hydrogen-bond acceptors (Lipinski definition) is 4. The summed E-state index contributed by atoms with van der Waals surface area (Å²) in [4.78, 5) is 24.5. The number of amides is 1. The molecule has 0 radical (unpaired) electrons. The van der Waals surface area contributed by atoms with E-state index in [1.165, 1.54) is 12.0 Å². The van der Waals surface area contributed by atoms with Gasteiger partial charge in [-0.25, -0.2) is 9.59 Å². The second kappa shape index (κ2) is 5.14. The molecule has 6 nitrogen and oxygen atoms in total. The Morgan fingerprint density at radius 2 is 1.72 bits per heavy atom. The summed E-state index contributed by atoms with van der Waals surface area (Å²) in [5.74, 6) is -0.978. The minimum atomic E-state index is -1.17. The van der Waals surface area contributed by atoms with Crippen LogP contribution in [0.15, 0.2) is 0 Å². The van der Waals surface area contributed by atoms with E-state index in [0.29, 0.717) is 13.1 Å². The number of aliphatic carboxylic acids is 1. The molecule has 0 aromatic carbocycles. The standard InChI is InChI=1S/C12H21NO5/c1-11(2,3)18-10(16)13-7-5-12(17-4,6-8-13)9(14)15/h5-8H2,1-4H3,(H,14,15). The van der Waals surface area contributed by atoms with E-state index in [4.69, 9.17) is 14.6 Å². The van der Waals surface area contributed by atoms with Gasteiger partial charge in [0, 0.05) is 33.0 Å². The maximum Gasteiger partial charge on any atom is 0.410 e. The second-order valence-electron chi connectivity index (χ2n) is 5.47. The number of nitrogens with zero attached hydrogens (tertiary/aromatic N) is 1. The molecule has 0 aromatic heterocycles. The van der Waals surface area contributed by atoms with Crippen LogP contribution in [0, 0.1) is 0 Å². The highest BCUT2D eigenvalue weighted by atomic mass is 16.6. The highest BCUT2D eigenvalue weighted by molar-refractivity contribution is 5.78. The first-order valence-electron chi connectivity index (χ1n) is 5.97. The van der Waals surface area contributed by atoms with E-state index in [2.05, 4.69) is 0 Å². The summed E-state index contributed by atoms with van der Waals surface area (Å²) < 4.78 is 10.3. The zero-order valence-electron chi connectivity index (χ0n) is 11.4. The molecule has 1 N–H and O–H groups in total. The molecule has 1 rings (SSSR count). The van der Waals surface area contributed by atoms with Gasteiger partial charge < -0.3 is 19.5 Å². The number of carboxylic acids is 1. The van der Waals surface area contributed by atoms with Gasteiger partial charge in [-0.2, -0.15) is 0 Å². The first-order chi connectivity index (χ1) is 8.20. The third-order valence-corrected chi connectivity index (χ3v) is 3.00. The smallest absolute Gasteiger partial charge is 0.410 e. The summed E-state index contributed by atoms with van der Waals surface area (Å²) in [7, 11) is 1.39. The maximum atomic E-state index is 11.8. The molecule has 1 heterocycles. The van der Waals surface area contributed by atoms with Gasteiger partial charge in [0.2, 0.25) is 0 Å². The Hall–Kier alpha value is -1.30. The number of carboxylic acid groups (broad SMARTS) is 1. The molecular formula is C12H21NO5. The van der Waals surface area contributed by atoms with Crippen LogP contribution in [-0.4, -0.2) is 53.5 Å². The van der Waals surface area contributed by atoms with Crippen LogP contribution in [-0.2, 0) is 14.3 Å². The molecule has 0 aromatic rings. The molecule has 0 spiro atoms. The van der Waals surface area contributed by atoms with Crippen molar-refractivity contribution >= 4 is 12.1 Å². The van der Waals surface area contributed by atoms with Gasteiger partial charge in [0.1, 0.15) is 5.60 Å². The van der Waals surface area contributed by atoms with E-state index >= 15 is 0 Å². The monoisotopic (exact) mass is 259 g/mol. The van der Waals surface area contributed by atoms with Crippen molar-refractivity contribution in [3.63, 3.8) is 0 Å². The number of piperidine rings is 1. The first-order valence-corrected chi connectivity index (χ1v) is 5.97. The molecule has 0 saturated carbocycles. The summed E-state index contributed by atoms with van der Waals surface area (Å²) in [5, 5.41) is 9.14. The van der Waals surface area contributed by atoms with Crippen LogP contribution in [0.1, 0.15) is 33.6 Å². The quantitative estimate of drug-likeness (QED) is 0.813. The van der Waals surface area contributed by atoms with E-state index in [1.807, 2.05) is 0 Å². The molecule has 18 heavy (non-hydrogen) atoms. The normalized spacial score (nSPS) is 19.4. The van der Waals surface area contributed by atoms with E-state index in [9.17, 15) is 9.59 Å². The Morgan fingerprint density at radius 1 is 1.22 bits per heavy atom. The van der Waals surface area contributed by atoms with Crippen molar-refractivity contribution in [3.8, 4) is 0 Å². The average molecular weight is 259 g/mol. The van der Waals surface area contributed by atoms with Gasteiger partial charge in [0.25, 0.3) is 0 Å². The fourth-order valence-electron chi connectivity index (χ4n) is 1.88. The van der Waals surface area contributed by atoms with E-state index in [0.717, 1.165) is 0 Å². The van der Waals surface area contributed by atoms with Gasteiger partial charge in [-0.3, -0.25) is 0 Å². The Morgan fingerprint density at radius 3 is 2.06 bits per heavy atom. The zero-order valence-corrected chi connectivity index (χ0v) is 11.4. The third-order valence-electron chi connectivity index (χ3n) is 3.00. The van der Waals surface area contributed by atoms with Crippen LogP contribution in [0.4, 0.5) is 4.79 Å². The molecule has 1 amide bonds. The molecule has 0 atom stereocenters. The number of rotatable bonds is 2. The van der Waals surface area contributed by atoms with Gasteiger partial charge in [0.05, 0.1) is 0 Å². The lowest BCUT2D eigenvalue weighted by atomic mass is 9.91. The molecule has 6 heteroatoms. The molecule has 1 aliphatic rings. The van der Waals surface area contributed by atoms with Crippen LogP contribution in [0.2, 0.25) is 0 Å². The van der Waals surface area contributed by atoms with Gasteiger partial charge in [-0.05, 0) is 20.8 Å². The predicted octanol–water partition coefficient (Wildman–Crippen LogP) is 1.49. The van der Waals surface area contributed by atoms with Crippen LogP contribution in [0.25, 0.3) is 0 Å². The highest BCUT2D eigenvalue weighted by Gasteiger charge is 2.43. The van der Waals surface area contributed by atoms with Crippen LogP contribution in [0.3, 0.4) is 0 Å². The van der Waals surface area contributed by atoms with Gasteiger partial charge in [-0.15, -0.1) is 0 Å². The number of ether oxygens (including phenoxy) is 2. The molecule has 1 fully saturated rings. The Labute approximate surface area is 107 Å². The number of carbonyl (C=O) groups excluding carboxylic acids is 1. The number of hydrogen-bond donors (Lipinski definition) is 1. The summed E-state index contributed by atoms with van der Waals surface area (Å²) in [6.45, 7) is 6.05. The molecular weight excluding hydrogens is 238 g/mol. The van der Waals surface area contributed by atoms with Crippen molar-refractivity contribution in [1.29, 1.82) is 0 Å². The lowest BCUT2D eigenvalue weighted by Gasteiger charge is -2.38. The molecule has 0 aliphatic carbocycles. The Kier molecular flexibility index (Phi) is 4.21. The Balaban J connectivity index is 2.58. The second-order valence-corrected chi connectivity index (χ2v) is 5.47. The lowest BCUT2D eigenvalue weighted by Crippen LogP contribution is -2.52. The van der Waals surface area contributed by atoms with E-state index < -0.39 is 23.3 Å². The van der Waals surface area contributed by atoms with E-state index in [1.54, 1.807) is 20.8 Å². The molecule has 0 unspecified atom stereocenters. The van der Waals surface area contributed by atoms with Crippen LogP contribution >= 0.6 is 0 Å². The van der Waals surface area contributed by atoms with Gasteiger partial charge in [-0.1, -0.05) is 0 Å². The van der Waals surface area contributed by atoms with Crippen LogP contribution < -0.4 is 0 Å². The summed E-state index contributed by atoms with van der Waals surface area (Å²) >= 11 is 0. The van der Waals surface area contributed by atoms with E-state index in [-0.39, 0.29) is 12.8 Å². The minimum absolute atomic E-state index is 0.276. The van der Waals surface area contributed by atoms with Crippen molar-refractivity contribution in [1.82, 2.24) is 4.90 Å². The highest BCUT2D eigenvalue weighted by Crippen LogP contribution is 2.27. The fourth-order valence-corrected chi connectivity index (χ4v) is 1.88.